The Morgan fingerprint density at radius 2 is 1.71 bits per heavy atom. The minimum atomic E-state index is -0.624. The van der Waals surface area contributed by atoms with Gasteiger partial charge in [-0.25, -0.2) is 4.39 Å². The van der Waals surface area contributed by atoms with Gasteiger partial charge in [-0.3, -0.25) is 9.59 Å². The van der Waals surface area contributed by atoms with Crippen LogP contribution < -0.4 is 0 Å². The van der Waals surface area contributed by atoms with E-state index in [-0.39, 0.29) is 24.4 Å². The third kappa shape index (κ3) is 4.24. The van der Waals surface area contributed by atoms with Gasteiger partial charge in [-0.15, -0.1) is 0 Å². The molecule has 3 nitrogen and oxygen atoms in total. The van der Waals surface area contributed by atoms with Gasteiger partial charge in [0.15, 0.2) is 12.4 Å². The van der Waals surface area contributed by atoms with Crippen molar-refractivity contribution < 1.29 is 18.7 Å². The second-order valence-corrected chi connectivity index (χ2v) is 4.72. The van der Waals surface area contributed by atoms with Gasteiger partial charge in [-0.2, -0.15) is 0 Å². The molecule has 0 saturated heterocycles. The van der Waals surface area contributed by atoms with Crippen LogP contribution in [0.4, 0.5) is 4.39 Å². The zero-order valence-corrected chi connectivity index (χ0v) is 11.6. The van der Waals surface area contributed by atoms with E-state index in [1.165, 1.54) is 12.1 Å². The minimum Gasteiger partial charge on any atom is -0.457 e. The fourth-order valence-electron chi connectivity index (χ4n) is 1.82. The second-order valence-electron chi connectivity index (χ2n) is 4.72. The number of hydrogen-bond acceptors (Lipinski definition) is 3. The number of carbonyl (C=O) groups is 2. The Balaban J connectivity index is 1.88. The van der Waals surface area contributed by atoms with Crippen molar-refractivity contribution in [2.24, 2.45) is 0 Å². The summed E-state index contributed by atoms with van der Waals surface area (Å²) >= 11 is 0. The van der Waals surface area contributed by atoms with Gasteiger partial charge in [-0.1, -0.05) is 48.0 Å². The van der Waals surface area contributed by atoms with Crippen molar-refractivity contribution in [2.75, 3.05) is 6.61 Å². The summed E-state index contributed by atoms with van der Waals surface area (Å²) in [5.41, 5.74) is 1.78. The Kier molecular flexibility index (Phi) is 4.82. The predicted molar refractivity (Wildman–Crippen MR) is 76.6 cm³/mol. The lowest BCUT2D eigenvalue weighted by Gasteiger charge is -2.05. The Bertz CT molecular complexity index is 647. The molecule has 0 unspecified atom stereocenters. The van der Waals surface area contributed by atoms with Crippen molar-refractivity contribution in [2.45, 2.75) is 13.3 Å². The summed E-state index contributed by atoms with van der Waals surface area (Å²) < 4.78 is 18.3. The number of aryl methyl sites for hydroxylation is 1. The molecule has 21 heavy (non-hydrogen) atoms. The van der Waals surface area contributed by atoms with E-state index in [2.05, 4.69) is 0 Å². The van der Waals surface area contributed by atoms with Gasteiger partial charge in [0, 0.05) is 5.56 Å². The number of hydrogen-bond donors (Lipinski definition) is 0. The third-order valence-electron chi connectivity index (χ3n) is 3.03. The molecule has 0 heterocycles. The van der Waals surface area contributed by atoms with Crippen LogP contribution in [0.2, 0.25) is 0 Å². The molecular weight excluding hydrogens is 271 g/mol. The number of ether oxygens (including phenoxy) is 1. The lowest BCUT2D eigenvalue weighted by Crippen LogP contribution is -2.16. The minimum absolute atomic E-state index is 0.187. The highest BCUT2D eigenvalue weighted by Crippen LogP contribution is 2.08. The maximum atomic E-state index is 13.4. The molecule has 0 aliphatic carbocycles. The summed E-state index contributed by atoms with van der Waals surface area (Å²) in [6, 6.07) is 13.0. The molecule has 0 saturated carbocycles. The quantitative estimate of drug-likeness (QED) is 0.626. The lowest BCUT2D eigenvalue weighted by molar-refractivity contribution is -0.141. The van der Waals surface area contributed by atoms with E-state index in [0.717, 1.165) is 5.56 Å². The fraction of sp³-hybridized carbons (Fsp3) is 0.176. The molecule has 0 bridgehead atoms. The Morgan fingerprint density at radius 1 is 1.05 bits per heavy atom. The van der Waals surface area contributed by atoms with Crippen molar-refractivity contribution in [3.05, 3.63) is 71.0 Å². The highest BCUT2D eigenvalue weighted by molar-refractivity contribution is 5.98. The Hall–Kier alpha value is -2.49. The second kappa shape index (κ2) is 6.79. The molecule has 0 aromatic heterocycles. The van der Waals surface area contributed by atoms with Gasteiger partial charge >= 0.3 is 5.97 Å². The van der Waals surface area contributed by atoms with Crippen LogP contribution in [0, 0.1) is 12.7 Å². The number of halogens is 1. The molecule has 0 N–H and O–H groups in total. The van der Waals surface area contributed by atoms with Crippen LogP contribution in [0.5, 0.6) is 0 Å². The molecule has 0 aliphatic rings. The topological polar surface area (TPSA) is 43.4 Å². The molecule has 0 spiro atoms. The number of Topliss-reactive ketones (excluding diaryl/α,β-unsaturated/α-hetero) is 1. The lowest BCUT2D eigenvalue weighted by atomic mass is 10.1. The molecule has 2 aromatic rings. The zero-order chi connectivity index (χ0) is 15.2. The highest BCUT2D eigenvalue weighted by atomic mass is 19.1. The van der Waals surface area contributed by atoms with E-state index in [9.17, 15) is 14.0 Å². The molecule has 2 aromatic carbocycles. The van der Waals surface area contributed by atoms with Crippen LogP contribution in [-0.4, -0.2) is 18.4 Å². The van der Waals surface area contributed by atoms with E-state index in [1.54, 1.807) is 24.3 Å². The molecule has 0 atom stereocenters. The first kappa shape index (κ1) is 14.9. The van der Waals surface area contributed by atoms with Gasteiger partial charge in [0.05, 0.1) is 6.42 Å². The van der Waals surface area contributed by atoms with E-state index in [0.29, 0.717) is 5.56 Å². The zero-order valence-electron chi connectivity index (χ0n) is 11.6. The van der Waals surface area contributed by atoms with Crippen LogP contribution in [0.25, 0.3) is 0 Å². The number of esters is 1. The maximum absolute atomic E-state index is 13.4. The molecule has 0 amide bonds. The first-order chi connectivity index (χ1) is 10.1. The summed E-state index contributed by atoms with van der Waals surface area (Å²) in [6.07, 6.45) is -0.187. The van der Waals surface area contributed by atoms with Crippen LogP contribution in [0.3, 0.4) is 0 Å². The number of benzene rings is 2. The third-order valence-corrected chi connectivity index (χ3v) is 3.03. The summed E-state index contributed by atoms with van der Waals surface area (Å²) in [7, 11) is 0. The number of rotatable bonds is 5. The van der Waals surface area contributed by atoms with Gasteiger partial charge in [0.1, 0.15) is 5.82 Å². The number of ketones is 1. The van der Waals surface area contributed by atoms with Gasteiger partial charge < -0.3 is 4.74 Å². The summed E-state index contributed by atoms with van der Waals surface area (Å²) in [6.45, 7) is 1.58. The van der Waals surface area contributed by atoms with Crippen molar-refractivity contribution in [1.82, 2.24) is 0 Å². The average molecular weight is 286 g/mol. The summed E-state index contributed by atoms with van der Waals surface area (Å²) in [5, 5.41) is 0. The standard InChI is InChI=1S/C17H15FO3/c1-12-6-8-13(9-7-12)16(19)11-21-17(20)10-14-4-2-3-5-15(14)18/h2-9H,10-11H2,1H3. The fourth-order valence-corrected chi connectivity index (χ4v) is 1.82. The van der Waals surface area contributed by atoms with E-state index in [4.69, 9.17) is 4.74 Å². The normalized spacial score (nSPS) is 10.2. The maximum Gasteiger partial charge on any atom is 0.310 e. The molecule has 0 aliphatic heterocycles. The predicted octanol–water partition coefficient (Wildman–Crippen LogP) is 3.10. The molecule has 4 heteroatoms. The van der Waals surface area contributed by atoms with Gasteiger partial charge in [-0.05, 0) is 18.6 Å². The van der Waals surface area contributed by atoms with Crippen LogP contribution in [-0.2, 0) is 16.0 Å². The first-order valence-electron chi connectivity index (χ1n) is 6.55. The van der Waals surface area contributed by atoms with Crippen molar-refractivity contribution in [3.8, 4) is 0 Å². The summed E-state index contributed by atoms with van der Waals surface area (Å²) in [4.78, 5) is 23.4. The Morgan fingerprint density at radius 3 is 2.38 bits per heavy atom. The van der Waals surface area contributed by atoms with Gasteiger partial charge in [0.2, 0.25) is 0 Å². The largest absolute Gasteiger partial charge is 0.457 e. The first-order valence-corrected chi connectivity index (χ1v) is 6.55. The molecule has 0 radical (unpaired) electrons. The smallest absolute Gasteiger partial charge is 0.310 e. The van der Waals surface area contributed by atoms with Crippen LogP contribution >= 0.6 is 0 Å². The van der Waals surface area contributed by atoms with E-state index < -0.39 is 11.8 Å². The van der Waals surface area contributed by atoms with Crippen molar-refractivity contribution >= 4 is 11.8 Å². The Labute approximate surface area is 122 Å². The monoisotopic (exact) mass is 286 g/mol. The molecule has 0 fully saturated rings. The van der Waals surface area contributed by atoms with Crippen LogP contribution in [0.15, 0.2) is 48.5 Å². The molecular formula is C17H15FO3. The summed E-state index contributed by atoms with van der Waals surface area (Å²) in [5.74, 6) is -1.36. The average Bonchev–Trinajstić information content (AvgIpc) is 2.48. The SMILES string of the molecule is Cc1ccc(C(=O)COC(=O)Cc2ccccc2F)cc1. The van der Waals surface area contributed by atoms with E-state index in [1.807, 2.05) is 19.1 Å². The number of carbonyl (C=O) groups excluding carboxylic acids is 2. The highest BCUT2D eigenvalue weighted by Gasteiger charge is 2.12. The van der Waals surface area contributed by atoms with Crippen molar-refractivity contribution in [3.63, 3.8) is 0 Å². The van der Waals surface area contributed by atoms with Crippen molar-refractivity contribution in [1.29, 1.82) is 0 Å². The van der Waals surface area contributed by atoms with E-state index >= 15 is 0 Å². The molecule has 2 rings (SSSR count). The van der Waals surface area contributed by atoms with Crippen LogP contribution in [0.1, 0.15) is 21.5 Å². The van der Waals surface area contributed by atoms with Gasteiger partial charge in [0.25, 0.3) is 0 Å². The molecule has 108 valence electrons.